The standard InChI is InChI=1S/C30H36F3N3S/c1-6-10-27(32)24(18-31)20-37-30-34-19-29(36(30)26-15-16-28(33)23(9-4)17-26)35(5)25-13-11-21(7-2)22(8-3)12-14-25/h6,10-13,15-17,19H,7-9,14,18,20H2,1-5H3/b10-6-,27-24-. The van der Waals surface area contributed by atoms with Crippen LogP contribution in [0.1, 0.15) is 52.5 Å². The largest absolute Gasteiger partial charge is 0.333 e. The monoisotopic (exact) mass is 527 g/mol. The Morgan fingerprint density at radius 2 is 1.89 bits per heavy atom. The first-order valence-electron chi connectivity index (χ1n) is 12.8. The quantitative estimate of drug-likeness (QED) is 0.215. The molecule has 0 atom stereocenters. The molecule has 37 heavy (non-hydrogen) atoms. The molecule has 1 aromatic heterocycles. The van der Waals surface area contributed by atoms with Crippen molar-refractivity contribution in [1.82, 2.24) is 9.55 Å². The number of hydrogen-bond acceptors (Lipinski definition) is 3. The Morgan fingerprint density at radius 3 is 2.54 bits per heavy atom. The van der Waals surface area contributed by atoms with Gasteiger partial charge in [-0.15, -0.1) is 0 Å². The summed E-state index contributed by atoms with van der Waals surface area (Å²) in [6, 6.07) is 4.99. The number of allylic oxidation sites excluding steroid dienone is 8. The zero-order chi connectivity index (χ0) is 26.9. The third-order valence-electron chi connectivity index (χ3n) is 6.55. The maximum Gasteiger partial charge on any atom is 0.174 e. The zero-order valence-electron chi connectivity index (χ0n) is 22.3. The van der Waals surface area contributed by atoms with Gasteiger partial charge in [-0.3, -0.25) is 4.57 Å². The van der Waals surface area contributed by atoms with Crippen molar-refractivity contribution in [1.29, 1.82) is 0 Å². The van der Waals surface area contributed by atoms with E-state index < -0.39 is 12.5 Å². The number of nitrogens with zero attached hydrogens (tertiary/aromatic N) is 3. The third kappa shape index (κ3) is 6.69. The third-order valence-corrected chi connectivity index (χ3v) is 7.59. The Morgan fingerprint density at radius 1 is 1.14 bits per heavy atom. The van der Waals surface area contributed by atoms with Crippen molar-refractivity contribution in [3.63, 3.8) is 0 Å². The smallest absolute Gasteiger partial charge is 0.174 e. The number of thioether (sulfide) groups is 1. The number of halogens is 3. The Hall–Kier alpha value is -2.93. The molecule has 3 rings (SSSR count). The van der Waals surface area contributed by atoms with Crippen LogP contribution in [-0.2, 0) is 6.42 Å². The summed E-state index contributed by atoms with van der Waals surface area (Å²) in [5.41, 5.74) is 5.19. The van der Waals surface area contributed by atoms with Gasteiger partial charge in [-0.1, -0.05) is 50.8 Å². The number of anilines is 1. The highest BCUT2D eigenvalue weighted by molar-refractivity contribution is 7.99. The summed E-state index contributed by atoms with van der Waals surface area (Å²) in [5, 5.41) is 0.582. The van der Waals surface area contributed by atoms with Crippen LogP contribution in [0.15, 0.2) is 88.2 Å². The molecule has 1 aliphatic carbocycles. The van der Waals surface area contributed by atoms with E-state index in [-0.39, 0.29) is 17.1 Å². The summed E-state index contributed by atoms with van der Waals surface area (Å²) < 4.78 is 44.2. The maximum atomic E-state index is 14.4. The Bertz CT molecular complexity index is 1250. The van der Waals surface area contributed by atoms with Gasteiger partial charge in [0.2, 0.25) is 0 Å². The minimum atomic E-state index is -0.877. The Kier molecular flexibility index (Phi) is 10.5. The first kappa shape index (κ1) is 28.6. The number of aromatic nitrogens is 2. The van der Waals surface area contributed by atoms with Gasteiger partial charge in [0.25, 0.3) is 0 Å². The average Bonchev–Trinajstić information content (AvgIpc) is 3.21. The summed E-state index contributed by atoms with van der Waals surface area (Å²) in [5.74, 6) is 0.0841. The minimum Gasteiger partial charge on any atom is -0.333 e. The van der Waals surface area contributed by atoms with Gasteiger partial charge in [0.05, 0.1) is 11.9 Å². The van der Waals surface area contributed by atoms with Crippen LogP contribution < -0.4 is 4.90 Å². The minimum absolute atomic E-state index is 0.0712. The first-order chi connectivity index (χ1) is 17.9. The zero-order valence-corrected chi connectivity index (χ0v) is 23.1. The van der Waals surface area contributed by atoms with E-state index in [0.717, 1.165) is 36.5 Å². The molecule has 198 valence electrons. The molecule has 7 heteroatoms. The number of hydrogen-bond donors (Lipinski definition) is 0. The van der Waals surface area contributed by atoms with E-state index in [9.17, 15) is 13.2 Å². The summed E-state index contributed by atoms with van der Waals surface area (Å²) in [7, 11) is 1.99. The molecular weight excluding hydrogens is 491 g/mol. The molecule has 0 radical (unpaired) electrons. The number of alkyl halides is 1. The predicted molar refractivity (Wildman–Crippen MR) is 150 cm³/mol. The van der Waals surface area contributed by atoms with Crippen molar-refractivity contribution in [2.75, 3.05) is 24.4 Å². The summed E-state index contributed by atoms with van der Waals surface area (Å²) >= 11 is 1.26. The molecule has 3 nitrogen and oxygen atoms in total. The van der Waals surface area contributed by atoms with Crippen molar-refractivity contribution < 1.29 is 13.2 Å². The van der Waals surface area contributed by atoms with Crippen LogP contribution in [0.4, 0.5) is 19.0 Å². The lowest BCUT2D eigenvalue weighted by atomic mass is 10.0. The molecule has 0 bridgehead atoms. The summed E-state index contributed by atoms with van der Waals surface area (Å²) in [4.78, 5) is 6.71. The normalized spacial score (nSPS) is 14.8. The highest BCUT2D eigenvalue weighted by atomic mass is 32.2. The Labute approximate surface area is 223 Å². The average molecular weight is 528 g/mol. The van der Waals surface area contributed by atoms with Crippen molar-refractivity contribution in [2.24, 2.45) is 0 Å². The van der Waals surface area contributed by atoms with Crippen molar-refractivity contribution in [3.8, 4) is 5.69 Å². The maximum absolute atomic E-state index is 14.4. The molecule has 1 heterocycles. The molecule has 0 N–H and O–H groups in total. The van der Waals surface area contributed by atoms with Gasteiger partial charge in [0.1, 0.15) is 24.1 Å². The van der Waals surface area contributed by atoms with Gasteiger partial charge in [-0.2, -0.15) is 0 Å². The van der Waals surface area contributed by atoms with E-state index in [2.05, 4.69) is 42.0 Å². The molecule has 0 amide bonds. The molecule has 0 spiro atoms. The van der Waals surface area contributed by atoms with Crippen LogP contribution in [0, 0.1) is 5.82 Å². The lowest BCUT2D eigenvalue weighted by Crippen LogP contribution is -2.19. The molecular formula is C30H36F3N3S. The fourth-order valence-corrected chi connectivity index (χ4v) is 5.28. The predicted octanol–water partition coefficient (Wildman–Crippen LogP) is 8.83. The fourth-order valence-electron chi connectivity index (χ4n) is 4.31. The van der Waals surface area contributed by atoms with Gasteiger partial charge >= 0.3 is 0 Å². The van der Waals surface area contributed by atoms with Crippen LogP contribution in [-0.4, -0.2) is 29.0 Å². The SMILES string of the molecule is C/C=C\C(F)=C(/CF)CSc1ncc(N(C)C2=CC=C(CC)C(CC)=CC2)n1-c1ccc(F)c(CC)c1. The topological polar surface area (TPSA) is 21.1 Å². The number of rotatable bonds is 11. The van der Waals surface area contributed by atoms with Gasteiger partial charge in [-0.05, 0) is 73.2 Å². The first-order valence-corrected chi connectivity index (χ1v) is 13.7. The molecule has 2 aromatic rings. The Balaban J connectivity index is 2.07. The number of aryl methyl sites for hydroxylation is 1. The van der Waals surface area contributed by atoms with Gasteiger partial charge < -0.3 is 4.90 Å². The molecule has 0 saturated heterocycles. The van der Waals surface area contributed by atoms with E-state index in [1.54, 1.807) is 25.3 Å². The number of benzene rings is 1. The van der Waals surface area contributed by atoms with E-state index in [4.69, 9.17) is 0 Å². The van der Waals surface area contributed by atoms with E-state index in [0.29, 0.717) is 17.1 Å². The highest BCUT2D eigenvalue weighted by Gasteiger charge is 2.20. The molecule has 1 aromatic carbocycles. The van der Waals surface area contributed by atoms with Crippen molar-refractivity contribution in [3.05, 3.63) is 94.4 Å². The van der Waals surface area contributed by atoms with Crippen LogP contribution in [0.3, 0.4) is 0 Å². The van der Waals surface area contributed by atoms with E-state index >= 15 is 0 Å². The molecule has 0 fully saturated rings. The number of imidazole rings is 1. The lowest BCUT2D eigenvalue weighted by Gasteiger charge is -2.24. The van der Waals surface area contributed by atoms with Crippen molar-refractivity contribution in [2.45, 2.75) is 58.5 Å². The lowest BCUT2D eigenvalue weighted by molar-refractivity contribution is 0.526. The fraction of sp³-hybridized carbons (Fsp3) is 0.367. The van der Waals surface area contributed by atoms with Gasteiger partial charge in [0.15, 0.2) is 5.16 Å². The highest BCUT2D eigenvalue weighted by Crippen LogP contribution is 2.34. The van der Waals surface area contributed by atoms with Crippen LogP contribution in [0.2, 0.25) is 0 Å². The molecule has 0 saturated carbocycles. The summed E-state index contributed by atoms with van der Waals surface area (Å²) in [6.45, 7) is 7.05. The van der Waals surface area contributed by atoms with Gasteiger partial charge in [0, 0.05) is 30.5 Å². The van der Waals surface area contributed by atoms with Crippen LogP contribution in [0.25, 0.3) is 5.69 Å². The molecule has 0 unspecified atom stereocenters. The van der Waals surface area contributed by atoms with Crippen LogP contribution in [0.5, 0.6) is 0 Å². The van der Waals surface area contributed by atoms with Crippen LogP contribution >= 0.6 is 11.8 Å². The molecule has 1 aliphatic rings. The second-order valence-corrected chi connectivity index (χ2v) is 9.73. The second kappa shape index (κ2) is 13.6. The molecule has 0 aliphatic heterocycles. The summed E-state index contributed by atoms with van der Waals surface area (Å²) in [6.07, 6.45) is 14.4. The van der Waals surface area contributed by atoms with E-state index in [1.807, 2.05) is 24.6 Å². The second-order valence-electron chi connectivity index (χ2n) is 8.79. The van der Waals surface area contributed by atoms with Gasteiger partial charge in [-0.25, -0.2) is 18.2 Å². The van der Waals surface area contributed by atoms with Crippen molar-refractivity contribution >= 4 is 17.6 Å². The van der Waals surface area contributed by atoms with E-state index in [1.165, 1.54) is 35.1 Å².